The average molecular weight is 522 g/mol. The maximum atomic E-state index is 14.3. The number of carboxylic acids is 1. The van der Waals surface area contributed by atoms with E-state index in [2.05, 4.69) is 26.9 Å². The topological polar surface area (TPSA) is 76.5 Å². The highest BCUT2D eigenvalue weighted by atomic mass is 19.4. The van der Waals surface area contributed by atoms with Gasteiger partial charge in [0.2, 0.25) is 5.96 Å². The lowest BCUT2D eigenvalue weighted by Crippen LogP contribution is -2.53. The molecule has 3 heterocycles. The van der Waals surface area contributed by atoms with Crippen LogP contribution in [0.3, 0.4) is 0 Å². The predicted octanol–water partition coefficient (Wildman–Crippen LogP) is 3.77. The number of hydrogen-bond acceptors (Lipinski definition) is 5. The first-order valence-corrected chi connectivity index (χ1v) is 11.4. The largest absolute Gasteiger partial charge is 0.490 e. The first-order chi connectivity index (χ1) is 17.5. The predicted molar refractivity (Wildman–Crippen MR) is 123 cm³/mol. The minimum Gasteiger partial charge on any atom is -0.475 e. The number of halogens is 5. The van der Waals surface area contributed by atoms with Crippen LogP contribution >= 0.6 is 0 Å². The molecule has 196 valence electrons. The molecule has 37 heavy (non-hydrogen) atoms. The molecule has 0 aliphatic carbocycles. The number of carbonyl (C=O) groups is 2. The smallest absolute Gasteiger partial charge is 0.475 e. The summed E-state index contributed by atoms with van der Waals surface area (Å²) in [5.74, 6) is -3.59. The number of alkyl halides is 3. The highest BCUT2D eigenvalue weighted by molar-refractivity contribution is 6.09. The van der Waals surface area contributed by atoms with Crippen molar-refractivity contribution in [3.05, 3.63) is 82.6 Å². The summed E-state index contributed by atoms with van der Waals surface area (Å²) in [6, 6.07) is 13.7. The normalized spacial score (nSPS) is 17.6. The molecule has 0 bridgehead atoms. The van der Waals surface area contributed by atoms with Crippen molar-refractivity contribution in [1.29, 1.82) is 0 Å². The molecular formula is C25H23F5N4O3. The van der Waals surface area contributed by atoms with Crippen molar-refractivity contribution in [2.24, 2.45) is 4.99 Å². The van der Waals surface area contributed by atoms with Gasteiger partial charge in [0.15, 0.2) is 0 Å². The Morgan fingerprint density at radius 1 is 1.03 bits per heavy atom. The number of aliphatic carboxylic acids is 1. The molecule has 5 rings (SSSR count). The molecule has 1 N–H and O–H groups in total. The van der Waals surface area contributed by atoms with Crippen molar-refractivity contribution in [3.8, 4) is 0 Å². The number of amides is 1. The van der Waals surface area contributed by atoms with Crippen LogP contribution in [0.15, 0.2) is 64.8 Å². The van der Waals surface area contributed by atoms with Crippen LogP contribution in [0.1, 0.15) is 17.5 Å². The number of carbonyl (C=O) groups excluding carboxylic acids is 1. The number of benzene rings is 2. The van der Waals surface area contributed by atoms with Crippen LogP contribution in [0.4, 0.5) is 22.0 Å². The Balaban J connectivity index is 0.000000405. The zero-order valence-electron chi connectivity index (χ0n) is 19.5. The maximum Gasteiger partial charge on any atom is 0.490 e. The van der Waals surface area contributed by atoms with Gasteiger partial charge in [-0.25, -0.2) is 13.6 Å². The van der Waals surface area contributed by atoms with Crippen molar-refractivity contribution in [2.45, 2.75) is 25.7 Å². The third-order valence-electron chi connectivity index (χ3n) is 6.12. The van der Waals surface area contributed by atoms with Crippen LogP contribution in [0.5, 0.6) is 0 Å². The fourth-order valence-electron chi connectivity index (χ4n) is 4.41. The summed E-state index contributed by atoms with van der Waals surface area (Å²) in [5, 5.41) is 7.12. The Morgan fingerprint density at radius 3 is 2.38 bits per heavy atom. The molecule has 0 spiro atoms. The molecule has 2 aromatic carbocycles. The molecule has 0 saturated heterocycles. The minimum absolute atomic E-state index is 0.0374. The van der Waals surface area contributed by atoms with E-state index in [4.69, 9.17) is 9.90 Å². The Labute approximate surface area is 209 Å². The van der Waals surface area contributed by atoms with E-state index in [0.29, 0.717) is 19.0 Å². The van der Waals surface area contributed by atoms with E-state index in [1.807, 2.05) is 18.2 Å². The third-order valence-corrected chi connectivity index (χ3v) is 6.12. The van der Waals surface area contributed by atoms with Crippen molar-refractivity contribution < 1.29 is 36.6 Å². The summed E-state index contributed by atoms with van der Waals surface area (Å²) in [7, 11) is 0. The second-order valence-corrected chi connectivity index (χ2v) is 8.63. The Hall–Kier alpha value is -3.80. The molecule has 1 amide bonds. The van der Waals surface area contributed by atoms with Crippen LogP contribution in [-0.2, 0) is 22.7 Å². The highest BCUT2D eigenvalue weighted by Crippen LogP contribution is 2.32. The zero-order chi connectivity index (χ0) is 26.7. The van der Waals surface area contributed by atoms with Gasteiger partial charge in [0, 0.05) is 49.9 Å². The van der Waals surface area contributed by atoms with E-state index in [0.717, 1.165) is 43.4 Å². The second-order valence-electron chi connectivity index (χ2n) is 8.63. The van der Waals surface area contributed by atoms with Crippen molar-refractivity contribution in [2.75, 3.05) is 26.2 Å². The Morgan fingerprint density at radius 2 is 1.73 bits per heavy atom. The number of nitrogens with zero attached hydrogens (tertiary/aromatic N) is 4. The fraction of sp³-hybridized carbons (Fsp3) is 0.320. The Kier molecular flexibility index (Phi) is 7.58. The number of carboxylic acid groups (broad SMARTS) is 1. The molecule has 3 aliphatic rings. The molecule has 0 unspecified atom stereocenters. The van der Waals surface area contributed by atoms with Crippen LogP contribution < -0.4 is 0 Å². The van der Waals surface area contributed by atoms with E-state index in [9.17, 15) is 26.7 Å². The number of hydrogen-bond donors (Lipinski definition) is 1. The summed E-state index contributed by atoms with van der Waals surface area (Å²) in [6.07, 6.45) is -4.30. The molecule has 0 saturated carbocycles. The molecule has 2 aromatic rings. The van der Waals surface area contributed by atoms with Crippen LogP contribution in [-0.4, -0.2) is 70.0 Å². The van der Waals surface area contributed by atoms with Gasteiger partial charge in [-0.1, -0.05) is 36.4 Å². The van der Waals surface area contributed by atoms with E-state index in [-0.39, 0.29) is 18.0 Å². The molecular weight excluding hydrogens is 499 g/mol. The summed E-state index contributed by atoms with van der Waals surface area (Å²) in [6.45, 7) is 3.57. The van der Waals surface area contributed by atoms with Gasteiger partial charge in [-0.2, -0.15) is 13.2 Å². The minimum atomic E-state index is -5.08. The van der Waals surface area contributed by atoms with Gasteiger partial charge in [0.1, 0.15) is 11.6 Å². The molecule has 7 nitrogen and oxygen atoms in total. The number of aliphatic imine (C=N–C) groups is 1. The van der Waals surface area contributed by atoms with Crippen molar-refractivity contribution >= 4 is 17.8 Å². The van der Waals surface area contributed by atoms with Crippen molar-refractivity contribution in [1.82, 2.24) is 14.7 Å². The summed E-state index contributed by atoms with van der Waals surface area (Å²) in [4.78, 5) is 32.7. The number of rotatable bonds is 4. The molecule has 0 atom stereocenters. The van der Waals surface area contributed by atoms with E-state index < -0.39 is 23.8 Å². The van der Waals surface area contributed by atoms with Gasteiger partial charge < -0.3 is 10.0 Å². The molecule has 0 radical (unpaired) electrons. The molecule has 0 fully saturated rings. The van der Waals surface area contributed by atoms with Crippen molar-refractivity contribution in [3.63, 3.8) is 0 Å². The Bertz CT molecular complexity index is 1250. The zero-order valence-corrected chi connectivity index (χ0v) is 19.5. The monoisotopic (exact) mass is 522 g/mol. The van der Waals surface area contributed by atoms with Gasteiger partial charge in [0.25, 0.3) is 5.91 Å². The fourth-order valence-corrected chi connectivity index (χ4v) is 4.41. The summed E-state index contributed by atoms with van der Waals surface area (Å²) in [5.41, 5.74) is 3.27. The average Bonchev–Trinajstić information content (AvgIpc) is 3.33. The van der Waals surface area contributed by atoms with Gasteiger partial charge in [0.05, 0.1) is 18.7 Å². The van der Waals surface area contributed by atoms with Gasteiger partial charge in [-0.05, 0) is 11.6 Å². The molecule has 3 aliphatic heterocycles. The molecule has 12 heteroatoms. The van der Waals surface area contributed by atoms with E-state index in [1.54, 1.807) is 0 Å². The van der Waals surface area contributed by atoms with Gasteiger partial charge >= 0.3 is 12.1 Å². The van der Waals surface area contributed by atoms with Crippen LogP contribution in [0, 0.1) is 11.6 Å². The summed E-state index contributed by atoms with van der Waals surface area (Å²) >= 11 is 0. The quantitative estimate of drug-likeness (QED) is 0.619. The first kappa shape index (κ1) is 26.3. The molecule has 0 aromatic heterocycles. The van der Waals surface area contributed by atoms with Crippen LogP contribution in [0.2, 0.25) is 0 Å². The lowest BCUT2D eigenvalue weighted by molar-refractivity contribution is -0.192. The number of guanidine groups is 1. The second kappa shape index (κ2) is 10.7. The first-order valence-electron chi connectivity index (χ1n) is 11.4. The highest BCUT2D eigenvalue weighted by Gasteiger charge is 2.41. The SMILES string of the molecule is O=C(O)C(F)(F)F.O=C1C2=C(CCN(Cc3ccccc3)C2)N2CCN=C2N1Cc1ccc(F)cc1F. The number of fused-ring (bicyclic) bond motifs is 2. The summed E-state index contributed by atoms with van der Waals surface area (Å²) < 4.78 is 59.3. The lowest BCUT2D eigenvalue weighted by atomic mass is 10.00. The van der Waals surface area contributed by atoms with Gasteiger partial charge in [-0.3, -0.25) is 19.6 Å². The standard InChI is InChI=1S/C23H22F2N4O.C2HF3O2/c24-18-7-6-17(20(25)12-18)14-29-22(30)19-15-27(13-16-4-2-1-3-5-16)10-8-21(19)28-11-9-26-23(28)29;3-2(4,5)1(6)7/h1-7,12H,8-11,13-15H2;(H,6,7). The third kappa shape index (κ3) is 5.96. The van der Waals surface area contributed by atoms with Crippen LogP contribution in [0.25, 0.3) is 0 Å². The lowest BCUT2D eigenvalue weighted by Gasteiger charge is -2.42. The van der Waals surface area contributed by atoms with E-state index in [1.165, 1.54) is 22.6 Å². The maximum absolute atomic E-state index is 14.3. The van der Waals surface area contributed by atoms with E-state index >= 15 is 0 Å². The van der Waals surface area contributed by atoms with Gasteiger partial charge in [-0.15, -0.1) is 0 Å².